The summed E-state index contributed by atoms with van der Waals surface area (Å²) in [5.41, 5.74) is 0. The van der Waals surface area contributed by atoms with Gasteiger partial charge in [0.15, 0.2) is 0 Å². The van der Waals surface area contributed by atoms with Crippen LogP contribution in [-0.4, -0.2) is 71.4 Å². The van der Waals surface area contributed by atoms with E-state index in [-0.39, 0.29) is 29.6 Å². The minimum absolute atomic E-state index is 0.0524. The largest absolute Gasteiger partial charge is 0.347 e. The van der Waals surface area contributed by atoms with Gasteiger partial charge >= 0.3 is 0 Å². The molecule has 1 rings (SSSR count). The standard InChI is InChI=1S/C20H48B2N2P4/c1-17(2,3)25-21(23(13)14)22(24(15)16)26(18(4,5)6)28(20(10,11)12)27(25)19(7,8)9/h1-16H3. The highest BCUT2D eigenvalue weighted by Crippen LogP contribution is 3.09. The summed E-state index contributed by atoms with van der Waals surface area (Å²) in [7, 11) is 9.09. The molecule has 0 aliphatic carbocycles. The highest BCUT2D eigenvalue weighted by Gasteiger charge is 2.64. The van der Waals surface area contributed by atoms with Gasteiger partial charge in [0.2, 0.25) is 12.9 Å². The molecule has 0 saturated carbocycles. The third-order valence-electron chi connectivity index (χ3n) is 4.99. The topological polar surface area (TPSA) is 6.48 Å². The van der Waals surface area contributed by atoms with Crippen molar-refractivity contribution in [1.29, 1.82) is 0 Å². The lowest BCUT2D eigenvalue weighted by molar-refractivity contribution is 0.636. The molecule has 4 atom stereocenters. The molecule has 0 spiro atoms. The minimum atomic E-state index is -0.122. The van der Waals surface area contributed by atoms with Crippen LogP contribution in [-0.2, 0) is 0 Å². The molecular formula is C20H48B2N2P4. The first kappa shape index (κ1) is 27.8. The Morgan fingerprint density at radius 3 is 0.750 bits per heavy atom. The van der Waals surface area contributed by atoms with Gasteiger partial charge in [0.25, 0.3) is 0 Å². The van der Waals surface area contributed by atoms with Crippen LogP contribution in [0.3, 0.4) is 0 Å². The number of hydrogen-bond donors (Lipinski definition) is 0. The molecule has 1 aliphatic rings. The van der Waals surface area contributed by atoms with Gasteiger partial charge in [0, 0.05) is 0 Å². The van der Waals surface area contributed by atoms with Crippen molar-refractivity contribution >= 4 is 42.5 Å². The van der Waals surface area contributed by atoms with Crippen LogP contribution in [0, 0.1) is 0 Å². The molecule has 0 bridgehead atoms. The second-order valence-electron chi connectivity index (χ2n) is 12.7. The number of rotatable bonds is 2. The van der Waals surface area contributed by atoms with Crippen molar-refractivity contribution in [2.24, 2.45) is 0 Å². The Labute approximate surface area is 183 Å². The van der Waals surface area contributed by atoms with E-state index in [4.69, 9.17) is 0 Å². The quantitative estimate of drug-likeness (QED) is 0.303. The Kier molecular flexibility index (Phi) is 8.89. The molecule has 0 amide bonds. The molecule has 1 saturated heterocycles. The average Bonchev–Trinajstić information content (AvgIpc) is 2.39. The van der Waals surface area contributed by atoms with Crippen molar-refractivity contribution in [2.45, 2.75) is 104 Å². The van der Waals surface area contributed by atoms with E-state index in [1.807, 2.05) is 0 Å². The van der Waals surface area contributed by atoms with Crippen LogP contribution in [0.1, 0.15) is 83.1 Å². The fourth-order valence-electron chi connectivity index (χ4n) is 4.21. The van der Waals surface area contributed by atoms with Crippen molar-refractivity contribution in [3.8, 4) is 0 Å². The van der Waals surface area contributed by atoms with Crippen LogP contribution >= 0.6 is 29.6 Å². The number of nitrogens with zero attached hydrogens (tertiary/aromatic N) is 2. The van der Waals surface area contributed by atoms with Crippen LogP contribution in [0.15, 0.2) is 0 Å². The molecular weight excluding hydrogens is 414 g/mol. The smallest absolute Gasteiger partial charge is 0.248 e. The van der Waals surface area contributed by atoms with Gasteiger partial charge < -0.3 is 9.62 Å². The predicted octanol–water partition coefficient (Wildman–Crippen LogP) is 8.04. The minimum Gasteiger partial charge on any atom is -0.347 e. The maximum atomic E-state index is 2.62. The lowest BCUT2D eigenvalue weighted by atomic mass is 9.50. The Morgan fingerprint density at radius 2 is 0.643 bits per heavy atom. The molecule has 1 aliphatic heterocycles. The first-order valence-corrected chi connectivity index (χ1v) is 18.3. The third kappa shape index (κ3) is 5.96. The molecule has 4 unspecified atom stereocenters. The molecule has 2 nitrogen and oxygen atoms in total. The molecule has 0 aromatic rings. The predicted molar refractivity (Wildman–Crippen MR) is 146 cm³/mol. The van der Waals surface area contributed by atoms with Crippen LogP contribution in [0.5, 0.6) is 0 Å². The van der Waals surface area contributed by atoms with Crippen LogP contribution in [0.2, 0.25) is 0 Å². The van der Waals surface area contributed by atoms with E-state index < -0.39 is 0 Å². The number of hydrogen-bond acceptors (Lipinski definition) is 2. The summed E-state index contributed by atoms with van der Waals surface area (Å²) in [4.78, 5) is 5.25. The van der Waals surface area contributed by atoms with Gasteiger partial charge in [-0.05, 0) is 48.8 Å². The molecule has 164 valence electrons. The summed E-state index contributed by atoms with van der Waals surface area (Å²) in [6.07, 6.45) is 0. The van der Waals surface area contributed by atoms with E-state index in [9.17, 15) is 0 Å². The monoisotopic (exact) mass is 462 g/mol. The van der Waals surface area contributed by atoms with Crippen LogP contribution in [0.4, 0.5) is 0 Å². The van der Waals surface area contributed by atoms with Crippen molar-refractivity contribution in [2.75, 3.05) is 28.2 Å². The molecule has 0 radical (unpaired) electrons. The third-order valence-corrected chi connectivity index (χ3v) is 37.7. The second kappa shape index (κ2) is 8.96. The maximum Gasteiger partial charge on any atom is 0.248 e. The second-order valence-corrected chi connectivity index (χ2v) is 30.9. The summed E-state index contributed by atoms with van der Waals surface area (Å²) >= 11 is 0. The van der Waals surface area contributed by atoms with Gasteiger partial charge in [-0.25, -0.2) is 0 Å². The van der Waals surface area contributed by atoms with Crippen molar-refractivity contribution < 1.29 is 0 Å². The van der Waals surface area contributed by atoms with Gasteiger partial charge in [0.1, 0.15) is 0 Å². The Morgan fingerprint density at radius 1 is 0.429 bits per heavy atom. The summed E-state index contributed by atoms with van der Waals surface area (Å²) < 4.78 is 0. The van der Waals surface area contributed by atoms with E-state index in [1.54, 1.807) is 0 Å². The molecule has 0 aromatic heterocycles. The van der Waals surface area contributed by atoms with Crippen LogP contribution < -0.4 is 0 Å². The highest BCUT2D eigenvalue weighted by atomic mass is 32.7. The summed E-state index contributed by atoms with van der Waals surface area (Å²) in [5, 5.41) is 1.57. The van der Waals surface area contributed by atoms with Gasteiger partial charge in [-0.1, -0.05) is 113 Å². The Bertz CT molecular complexity index is 482. The zero-order valence-corrected chi connectivity index (χ0v) is 25.4. The fraction of sp³-hybridized carbons (Fsp3) is 1.00. The maximum absolute atomic E-state index is 2.62. The van der Waals surface area contributed by atoms with Gasteiger partial charge in [-0.3, -0.25) is 0 Å². The first-order valence-electron chi connectivity index (χ1n) is 10.6. The van der Waals surface area contributed by atoms with E-state index in [2.05, 4.69) is 121 Å². The van der Waals surface area contributed by atoms with Crippen molar-refractivity contribution in [3.63, 3.8) is 0 Å². The normalized spacial score (nSPS) is 28.5. The molecule has 0 N–H and O–H groups in total. The average molecular weight is 462 g/mol. The van der Waals surface area contributed by atoms with Gasteiger partial charge in [-0.2, -0.15) is 0 Å². The van der Waals surface area contributed by atoms with E-state index in [0.29, 0.717) is 33.5 Å². The molecule has 0 aromatic carbocycles. The van der Waals surface area contributed by atoms with Gasteiger partial charge in [0.05, 0.1) is 0 Å². The van der Waals surface area contributed by atoms with Crippen molar-refractivity contribution in [3.05, 3.63) is 0 Å². The summed E-state index contributed by atoms with van der Waals surface area (Å²) in [6, 6.07) is 0. The molecule has 28 heavy (non-hydrogen) atoms. The van der Waals surface area contributed by atoms with E-state index in [0.717, 1.165) is 0 Å². The van der Waals surface area contributed by atoms with Crippen LogP contribution in [0.25, 0.3) is 0 Å². The van der Waals surface area contributed by atoms with Crippen molar-refractivity contribution in [1.82, 2.24) is 9.62 Å². The lowest BCUT2D eigenvalue weighted by Gasteiger charge is -2.65. The molecule has 8 heteroatoms. The Balaban J connectivity index is 3.98. The SMILES string of the molecule is CN(C)B1B(N(C)C)P(C(C)(C)C)P(C(C)(C)C)P(C(C)(C)C)P1C(C)(C)C. The van der Waals surface area contributed by atoms with E-state index >= 15 is 0 Å². The zero-order chi connectivity index (χ0) is 22.6. The fourth-order valence-corrected chi connectivity index (χ4v) is 48.2. The zero-order valence-electron chi connectivity index (χ0n) is 21.8. The molecule has 1 fully saturated rings. The lowest BCUT2D eigenvalue weighted by Crippen LogP contribution is -2.58. The Hall–Kier alpha value is 1.77. The highest BCUT2D eigenvalue weighted by molar-refractivity contribution is 8.88. The summed E-state index contributed by atoms with van der Waals surface area (Å²) in [6.45, 7) is 32.1. The first-order chi connectivity index (χ1) is 12.1. The van der Waals surface area contributed by atoms with E-state index in [1.165, 1.54) is 0 Å². The van der Waals surface area contributed by atoms with Gasteiger partial charge in [-0.15, -0.1) is 0 Å². The molecule has 1 heterocycles. The summed E-state index contributed by atoms with van der Waals surface area (Å²) in [5.74, 6) is 0.